The minimum absolute atomic E-state index is 0.155. The Morgan fingerprint density at radius 1 is 1.15 bits per heavy atom. The maximum absolute atomic E-state index is 12.5. The second-order valence-electron chi connectivity index (χ2n) is 7.60. The fourth-order valence-electron chi connectivity index (χ4n) is 3.72. The van der Waals surface area contributed by atoms with E-state index in [9.17, 15) is 14.9 Å². The van der Waals surface area contributed by atoms with Crippen molar-refractivity contribution in [1.29, 1.82) is 5.26 Å². The van der Waals surface area contributed by atoms with Gasteiger partial charge in [0.15, 0.2) is 12.4 Å². The molecule has 1 fully saturated rings. The highest BCUT2D eigenvalue weighted by Gasteiger charge is 2.27. The van der Waals surface area contributed by atoms with E-state index in [0.717, 1.165) is 5.56 Å². The van der Waals surface area contributed by atoms with Crippen molar-refractivity contribution in [2.45, 2.75) is 12.8 Å². The number of oxazole rings is 1. The molecule has 176 valence electrons. The molecule has 1 aliphatic heterocycles. The average molecular weight is 464 g/mol. The number of amides is 1. The molecule has 3 heterocycles. The number of hydrogen-bond donors (Lipinski definition) is 0. The molecule has 3 aromatic rings. The van der Waals surface area contributed by atoms with Crippen LogP contribution in [0, 0.1) is 11.3 Å². The monoisotopic (exact) mass is 464 g/mol. The number of aromatic nitrogens is 1. The van der Waals surface area contributed by atoms with Crippen LogP contribution in [0.4, 0.5) is 5.88 Å². The third-order valence-electron chi connectivity index (χ3n) is 5.51. The van der Waals surface area contributed by atoms with Crippen LogP contribution in [0.15, 0.2) is 51.5 Å². The summed E-state index contributed by atoms with van der Waals surface area (Å²) in [6.07, 6.45) is 2.12. The van der Waals surface area contributed by atoms with Gasteiger partial charge in [0.1, 0.15) is 11.8 Å². The van der Waals surface area contributed by atoms with E-state index in [-0.39, 0.29) is 30.5 Å². The highest BCUT2D eigenvalue weighted by molar-refractivity contribution is 5.81. The van der Waals surface area contributed by atoms with Crippen molar-refractivity contribution in [2.24, 2.45) is 0 Å². The number of methoxy groups -OCH3 is 1. The van der Waals surface area contributed by atoms with Crippen LogP contribution in [0.25, 0.3) is 11.7 Å². The zero-order chi connectivity index (χ0) is 23.9. The standard InChI is InChI=1S/C24H24N4O6/c1-31-19-6-3-2-5-17(19)8-9-22(30)33-16-21(29)27-10-12-28(13-11-27)24-18(15-25)26-23(34-24)20-7-4-14-32-20/h2-7,14H,8-13,16H2,1H3. The number of anilines is 1. The van der Waals surface area contributed by atoms with Crippen molar-refractivity contribution in [2.75, 3.05) is 44.8 Å². The van der Waals surface area contributed by atoms with Crippen LogP contribution in [0.1, 0.15) is 17.7 Å². The number of esters is 1. The summed E-state index contributed by atoms with van der Waals surface area (Å²) in [4.78, 5) is 32.3. The number of nitrogens with zero attached hydrogens (tertiary/aromatic N) is 4. The van der Waals surface area contributed by atoms with E-state index in [1.807, 2.05) is 35.2 Å². The molecule has 0 aliphatic carbocycles. The number of hydrogen-bond acceptors (Lipinski definition) is 9. The number of carbonyl (C=O) groups is 2. The first-order valence-corrected chi connectivity index (χ1v) is 10.8. The summed E-state index contributed by atoms with van der Waals surface area (Å²) in [5.41, 5.74) is 1.07. The molecule has 0 radical (unpaired) electrons. The van der Waals surface area contributed by atoms with Crippen molar-refractivity contribution in [3.8, 4) is 23.5 Å². The van der Waals surface area contributed by atoms with E-state index in [4.69, 9.17) is 18.3 Å². The van der Waals surface area contributed by atoms with Crippen molar-refractivity contribution in [3.05, 3.63) is 53.9 Å². The quantitative estimate of drug-likeness (QED) is 0.463. The Balaban J connectivity index is 1.25. The van der Waals surface area contributed by atoms with Gasteiger partial charge >= 0.3 is 5.97 Å². The van der Waals surface area contributed by atoms with E-state index in [1.54, 1.807) is 24.1 Å². The first-order chi connectivity index (χ1) is 16.6. The maximum Gasteiger partial charge on any atom is 0.306 e. The number of benzene rings is 1. The van der Waals surface area contributed by atoms with Gasteiger partial charge in [0.25, 0.3) is 11.8 Å². The van der Waals surface area contributed by atoms with Gasteiger partial charge in [-0.2, -0.15) is 10.2 Å². The Morgan fingerprint density at radius 2 is 1.94 bits per heavy atom. The van der Waals surface area contributed by atoms with Crippen molar-refractivity contribution >= 4 is 17.8 Å². The highest BCUT2D eigenvalue weighted by Crippen LogP contribution is 2.29. The largest absolute Gasteiger partial charge is 0.496 e. The molecule has 2 aromatic heterocycles. The summed E-state index contributed by atoms with van der Waals surface area (Å²) in [6, 6.07) is 12.9. The number of nitriles is 1. The topological polar surface area (TPSA) is 122 Å². The maximum atomic E-state index is 12.5. The van der Waals surface area contributed by atoms with Gasteiger partial charge in [0.2, 0.25) is 11.6 Å². The lowest BCUT2D eigenvalue weighted by Crippen LogP contribution is -2.50. The molecule has 1 aromatic carbocycles. The molecule has 1 aliphatic rings. The van der Waals surface area contributed by atoms with Crippen LogP contribution in [0.5, 0.6) is 5.75 Å². The number of aryl methyl sites for hydroxylation is 1. The summed E-state index contributed by atoms with van der Waals surface area (Å²) < 4.78 is 21.5. The number of rotatable bonds is 8. The molecule has 0 spiro atoms. The average Bonchev–Trinajstić information content (AvgIpc) is 3.56. The molecule has 4 rings (SSSR count). The van der Waals surface area contributed by atoms with E-state index < -0.39 is 5.97 Å². The summed E-state index contributed by atoms with van der Waals surface area (Å²) in [5.74, 6) is 1.03. The summed E-state index contributed by atoms with van der Waals surface area (Å²) in [5, 5.41) is 9.42. The van der Waals surface area contributed by atoms with Gasteiger partial charge in [0.05, 0.1) is 13.4 Å². The van der Waals surface area contributed by atoms with Gasteiger partial charge in [-0.3, -0.25) is 9.59 Å². The van der Waals surface area contributed by atoms with Crippen LogP contribution < -0.4 is 9.64 Å². The van der Waals surface area contributed by atoms with E-state index in [2.05, 4.69) is 4.98 Å². The predicted molar refractivity (Wildman–Crippen MR) is 120 cm³/mol. The number of furan rings is 1. The zero-order valence-electron chi connectivity index (χ0n) is 18.7. The minimum Gasteiger partial charge on any atom is -0.496 e. The molecule has 0 unspecified atom stereocenters. The Labute approximate surface area is 196 Å². The SMILES string of the molecule is COc1ccccc1CCC(=O)OCC(=O)N1CCN(c2oc(-c3ccco3)nc2C#N)CC1. The van der Waals surface area contributed by atoms with Gasteiger partial charge in [-0.25, -0.2) is 0 Å². The van der Waals surface area contributed by atoms with E-state index in [0.29, 0.717) is 50.0 Å². The molecule has 10 heteroatoms. The lowest BCUT2D eigenvalue weighted by Gasteiger charge is -2.34. The molecule has 0 N–H and O–H groups in total. The lowest BCUT2D eigenvalue weighted by molar-refractivity contribution is -0.152. The normalized spacial score (nSPS) is 13.4. The number of carbonyl (C=O) groups excluding carboxylic acids is 2. The summed E-state index contributed by atoms with van der Waals surface area (Å²) in [6.45, 7) is 1.40. The van der Waals surface area contributed by atoms with E-state index >= 15 is 0 Å². The number of ether oxygens (including phenoxy) is 2. The summed E-state index contributed by atoms with van der Waals surface area (Å²) >= 11 is 0. The van der Waals surface area contributed by atoms with Crippen molar-refractivity contribution < 1.29 is 27.9 Å². The molecule has 0 atom stereocenters. The van der Waals surface area contributed by atoms with Gasteiger partial charge in [-0.1, -0.05) is 18.2 Å². The second kappa shape index (κ2) is 10.6. The molecule has 1 saturated heterocycles. The number of para-hydroxylation sites is 1. The molecular formula is C24H24N4O6. The third-order valence-corrected chi connectivity index (χ3v) is 5.51. The Hall–Kier alpha value is -4.26. The number of piperazine rings is 1. The van der Waals surface area contributed by atoms with Crippen LogP contribution in [0.2, 0.25) is 0 Å². The zero-order valence-corrected chi connectivity index (χ0v) is 18.7. The van der Waals surface area contributed by atoms with Crippen LogP contribution >= 0.6 is 0 Å². The first kappa shape index (κ1) is 22.9. The molecule has 0 saturated carbocycles. The van der Waals surface area contributed by atoms with Crippen LogP contribution in [-0.4, -0.2) is 61.7 Å². The predicted octanol–water partition coefficient (Wildman–Crippen LogP) is 2.64. The Bertz CT molecular complexity index is 1170. The fraction of sp³-hybridized carbons (Fsp3) is 0.333. The minimum atomic E-state index is -0.441. The van der Waals surface area contributed by atoms with Gasteiger partial charge in [-0.05, 0) is 30.2 Å². The van der Waals surface area contributed by atoms with Gasteiger partial charge < -0.3 is 28.1 Å². The van der Waals surface area contributed by atoms with Gasteiger partial charge in [0, 0.05) is 32.6 Å². The molecule has 1 amide bonds. The Morgan fingerprint density at radius 3 is 2.65 bits per heavy atom. The smallest absolute Gasteiger partial charge is 0.306 e. The summed E-state index contributed by atoms with van der Waals surface area (Å²) in [7, 11) is 1.58. The Kier molecular flexibility index (Phi) is 7.13. The van der Waals surface area contributed by atoms with Crippen LogP contribution in [0.3, 0.4) is 0 Å². The van der Waals surface area contributed by atoms with Crippen LogP contribution in [-0.2, 0) is 20.7 Å². The van der Waals surface area contributed by atoms with E-state index in [1.165, 1.54) is 6.26 Å². The molecule has 34 heavy (non-hydrogen) atoms. The fourth-order valence-corrected chi connectivity index (χ4v) is 3.72. The molecular weight excluding hydrogens is 440 g/mol. The molecule has 0 bridgehead atoms. The van der Waals surface area contributed by atoms with Crippen molar-refractivity contribution in [1.82, 2.24) is 9.88 Å². The highest BCUT2D eigenvalue weighted by atomic mass is 16.5. The second-order valence-corrected chi connectivity index (χ2v) is 7.60. The van der Waals surface area contributed by atoms with Crippen molar-refractivity contribution in [3.63, 3.8) is 0 Å². The van der Waals surface area contributed by atoms with Gasteiger partial charge in [-0.15, -0.1) is 0 Å². The lowest BCUT2D eigenvalue weighted by atomic mass is 10.1. The third kappa shape index (κ3) is 5.20. The molecule has 10 nitrogen and oxygen atoms in total. The first-order valence-electron chi connectivity index (χ1n) is 10.8.